The van der Waals surface area contributed by atoms with Crippen LogP contribution in [0, 0.1) is 0 Å². The largest absolute Gasteiger partial charge is 0.368 e. The van der Waals surface area contributed by atoms with Crippen LogP contribution in [0.15, 0.2) is 30.3 Å². The number of amides is 2. The van der Waals surface area contributed by atoms with E-state index in [4.69, 9.17) is 11.5 Å². The first-order valence-corrected chi connectivity index (χ1v) is 4.95. The molecule has 0 aliphatic rings. The van der Waals surface area contributed by atoms with E-state index in [-0.39, 0.29) is 12.5 Å². The first-order valence-electron chi connectivity index (χ1n) is 4.95. The summed E-state index contributed by atoms with van der Waals surface area (Å²) in [6.07, 6.45) is 0.436. The number of benzene rings is 1. The molecule has 0 aliphatic carbocycles. The van der Waals surface area contributed by atoms with Gasteiger partial charge in [0.15, 0.2) is 0 Å². The zero-order valence-electron chi connectivity index (χ0n) is 8.85. The zero-order chi connectivity index (χ0) is 12.0. The molecule has 1 aromatic rings. The molecular formula is C11H15N3O2. The van der Waals surface area contributed by atoms with Gasteiger partial charge in [0.1, 0.15) is 0 Å². The van der Waals surface area contributed by atoms with Crippen LogP contribution in [-0.2, 0) is 16.0 Å². The fourth-order valence-electron chi connectivity index (χ4n) is 1.27. The Bertz CT molecular complexity index is 365. The Balaban J connectivity index is 2.43. The van der Waals surface area contributed by atoms with Gasteiger partial charge in [-0.2, -0.15) is 0 Å². The number of rotatable bonds is 5. The van der Waals surface area contributed by atoms with Crippen LogP contribution in [0.4, 0.5) is 0 Å². The van der Waals surface area contributed by atoms with Gasteiger partial charge in [0, 0.05) is 0 Å². The minimum absolute atomic E-state index is 0.179. The molecule has 16 heavy (non-hydrogen) atoms. The molecule has 0 bridgehead atoms. The van der Waals surface area contributed by atoms with E-state index in [1.54, 1.807) is 0 Å². The first kappa shape index (κ1) is 12.2. The van der Waals surface area contributed by atoms with Gasteiger partial charge in [-0.05, 0) is 12.0 Å². The van der Waals surface area contributed by atoms with Gasteiger partial charge >= 0.3 is 0 Å². The molecule has 5 nitrogen and oxygen atoms in total. The minimum Gasteiger partial charge on any atom is -0.368 e. The van der Waals surface area contributed by atoms with Crippen molar-refractivity contribution in [3.8, 4) is 0 Å². The van der Waals surface area contributed by atoms with E-state index in [0.29, 0.717) is 6.42 Å². The van der Waals surface area contributed by atoms with Crippen molar-refractivity contribution < 1.29 is 9.59 Å². The Labute approximate surface area is 93.8 Å². The molecule has 0 aromatic heterocycles. The predicted octanol–water partition coefficient (Wildman–Crippen LogP) is -0.842. The van der Waals surface area contributed by atoms with Crippen molar-refractivity contribution in [2.24, 2.45) is 11.5 Å². The maximum atomic E-state index is 11.4. The number of hydrogen-bond donors (Lipinski definition) is 3. The van der Waals surface area contributed by atoms with E-state index >= 15 is 0 Å². The molecule has 0 aliphatic heterocycles. The molecule has 1 aromatic carbocycles. The van der Waals surface area contributed by atoms with E-state index in [9.17, 15) is 9.59 Å². The molecule has 0 saturated heterocycles. The molecule has 0 radical (unpaired) electrons. The lowest BCUT2D eigenvalue weighted by atomic mass is 10.1. The smallest absolute Gasteiger partial charge is 0.237 e. The van der Waals surface area contributed by atoms with Gasteiger partial charge in [-0.1, -0.05) is 30.3 Å². The Hall–Kier alpha value is -1.88. The molecule has 1 rings (SSSR count). The third-order valence-corrected chi connectivity index (χ3v) is 2.07. The molecule has 2 amide bonds. The summed E-state index contributed by atoms with van der Waals surface area (Å²) in [5.41, 5.74) is 11.5. The third-order valence-electron chi connectivity index (χ3n) is 2.07. The number of primary amides is 1. The molecule has 5 N–H and O–H groups in total. The van der Waals surface area contributed by atoms with Crippen molar-refractivity contribution in [2.75, 3.05) is 6.54 Å². The lowest BCUT2D eigenvalue weighted by Crippen LogP contribution is -2.44. The summed E-state index contributed by atoms with van der Waals surface area (Å²) in [5.74, 6) is -0.956. The van der Waals surface area contributed by atoms with Gasteiger partial charge in [-0.3, -0.25) is 9.59 Å². The third kappa shape index (κ3) is 4.10. The van der Waals surface area contributed by atoms with E-state index in [0.717, 1.165) is 5.56 Å². The Morgan fingerprint density at radius 1 is 1.25 bits per heavy atom. The maximum absolute atomic E-state index is 11.4. The average molecular weight is 221 g/mol. The highest BCUT2D eigenvalue weighted by molar-refractivity contribution is 5.86. The molecule has 0 saturated carbocycles. The number of carbonyl (C=O) groups excluding carboxylic acids is 2. The highest BCUT2D eigenvalue weighted by Crippen LogP contribution is 2.01. The number of nitrogens with one attached hydrogen (secondary N) is 1. The summed E-state index contributed by atoms with van der Waals surface area (Å²) in [5, 5.41) is 2.36. The van der Waals surface area contributed by atoms with Crippen LogP contribution in [0.1, 0.15) is 5.56 Å². The van der Waals surface area contributed by atoms with Crippen LogP contribution in [0.5, 0.6) is 0 Å². The topological polar surface area (TPSA) is 98.2 Å². The SMILES string of the molecule is NC(=O)CNC(=O)C(N)Cc1ccccc1. The van der Waals surface area contributed by atoms with E-state index in [1.165, 1.54) is 0 Å². The molecule has 1 unspecified atom stereocenters. The monoisotopic (exact) mass is 221 g/mol. The lowest BCUT2D eigenvalue weighted by Gasteiger charge is -2.11. The fraction of sp³-hybridized carbons (Fsp3) is 0.273. The summed E-state index contributed by atoms with van der Waals surface area (Å²) in [6, 6.07) is 8.76. The second-order valence-corrected chi connectivity index (χ2v) is 3.48. The Morgan fingerprint density at radius 3 is 2.44 bits per heavy atom. The van der Waals surface area contributed by atoms with Crippen LogP contribution in [0.25, 0.3) is 0 Å². The molecule has 0 heterocycles. The van der Waals surface area contributed by atoms with Crippen molar-refractivity contribution in [2.45, 2.75) is 12.5 Å². The first-order chi connectivity index (χ1) is 7.59. The standard InChI is InChI=1S/C11H15N3O2/c12-9(11(16)14-7-10(13)15)6-8-4-2-1-3-5-8/h1-5,9H,6-7,12H2,(H2,13,15)(H,14,16). The molecule has 1 atom stereocenters. The quantitative estimate of drug-likeness (QED) is 0.604. The number of nitrogens with two attached hydrogens (primary N) is 2. The number of hydrogen-bond acceptors (Lipinski definition) is 3. The maximum Gasteiger partial charge on any atom is 0.237 e. The van der Waals surface area contributed by atoms with Crippen LogP contribution < -0.4 is 16.8 Å². The van der Waals surface area contributed by atoms with Crippen LogP contribution in [0.2, 0.25) is 0 Å². The van der Waals surface area contributed by atoms with Crippen LogP contribution in [-0.4, -0.2) is 24.4 Å². The summed E-state index contributed by atoms with van der Waals surface area (Å²) in [4.78, 5) is 21.9. The van der Waals surface area contributed by atoms with Crippen molar-refractivity contribution in [1.29, 1.82) is 0 Å². The van der Waals surface area contributed by atoms with Crippen LogP contribution >= 0.6 is 0 Å². The highest BCUT2D eigenvalue weighted by atomic mass is 16.2. The molecular weight excluding hydrogens is 206 g/mol. The second-order valence-electron chi connectivity index (χ2n) is 3.48. The fourth-order valence-corrected chi connectivity index (χ4v) is 1.27. The van der Waals surface area contributed by atoms with Gasteiger partial charge in [0.05, 0.1) is 12.6 Å². The highest BCUT2D eigenvalue weighted by Gasteiger charge is 2.13. The minimum atomic E-state index is -0.665. The summed E-state index contributed by atoms with van der Waals surface area (Å²) in [7, 11) is 0. The summed E-state index contributed by atoms with van der Waals surface area (Å²) < 4.78 is 0. The molecule has 0 spiro atoms. The predicted molar refractivity (Wildman–Crippen MR) is 60.3 cm³/mol. The molecule has 86 valence electrons. The van der Waals surface area contributed by atoms with Crippen molar-refractivity contribution in [1.82, 2.24) is 5.32 Å². The van der Waals surface area contributed by atoms with E-state index < -0.39 is 11.9 Å². The molecule has 0 fully saturated rings. The number of carbonyl (C=O) groups is 2. The van der Waals surface area contributed by atoms with Crippen LogP contribution in [0.3, 0.4) is 0 Å². The summed E-state index contributed by atoms with van der Waals surface area (Å²) >= 11 is 0. The Kier molecular flexibility index (Phi) is 4.47. The lowest BCUT2D eigenvalue weighted by molar-refractivity contribution is -0.125. The van der Waals surface area contributed by atoms with E-state index in [1.807, 2.05) is 30.3 Å². The van der Waals surface area contributed by atoms with Crippen molar-refractivity contribution >= 4 is 11.8 Å². The second kappa shape index (κ2) is 5.87. The van der Waals surface area contributed by atoms with Gasteiger partial charge in [-0.25, -0.2) is 0 Å². The van der Waals surface area contributed by atoms with Crippen molar-refractivity contribution in [3.05, 3.63) is 35.9 Å². The summed E-state index contributed by atoms with van der Waals surface area (Å²) in [6.45, 7) is -0.179. The molecule has 5 heteroatoms. The Morgan fingerprint density at radius 2 is 1.88 bits per heavy atom. The van der Waals surface area contributed by atoms with E-state index in [2.05, 4.69) is 5.32 Å². The van der Waals surface area contributed by atoms with Crippen molar-refractivity contribution in [3.63, 3.8) is 0 Å². The van der Waals surface area contributed by atoms with Gasteiger partial charge < -0.3 is 16.8 Å². The zero-order valence-corrected chi connectivity index (χ0v) is 8.85. The van der Waals surface area contributed by atoms with Gasteiger partial charge in [0.2, 0.25) is 11.8 Å². The average Bonchev–Trinajstić information content (AvgIpc) is 2.27. The van der Waals surface area contributed by atoms with Gasteiger partial charge in [-0.15, -0.1) is 0 Å². The van der Waals surface area contributed by atoms with Gasteiger partial charge in [0.25, 0.3) is 0 Å². The normalized spacial score (nSPS) is 11.8.